The van der Waals surface area contributed by atoms with Gasteiger partial charge in [0, 0.05) is 12.8 Å². The fourth-order valence-corrected chi connectivity index (χ4v) is 3.15. The first-order chi connectivity index (χ1) is 9.20. The van der Waals surface area contributed by atoms with E-state index in [0.717, 1.165) is 38.5 Å². The lowest BCUT2D eigenvalue weighted by molar-refractivity contribution is -0.203. The molecule has 2 fully saturated rings. The quantitative estimate of drug-likeness (QED) is 0.910. The first-order valence-corrected chi connectivity index (χ1v) is 7.24. The molecule has 3 heteroatoms. The van der Waals surface area contributed by atoms with Gasteiger partial charge in [0.1, 0.15) is 0 Å². The van der Waals surface area contributed by atoms with Crippen LogP contribution in [0.3, 0.4) is 0 Å². The van der Waals surface area contributed by atoms with Crippen LogP contribution in [0.1, 0.15) is 37.7 Å². The second kappa shape index (κ2) is 5.23. The molecule has 1 aliphatic heterocycles. The van der Waals surface area contributed by atoms with E-state index in [9.17, 15) is 5.11 Å². The molecule has 19 heavy (non-hydrogen) atoms. The summed E-state index contributed by atoms with van der Waals surface area (Å²) in [4.78, 5) is 0. The van der Waals surface area contributed by atoms with Crippen LogP contribution in [0.4, 0.5) is 0 Å². The van der Waals surface area contributed by atoms with Gasteiger partial charge in [-0.3, -0.25) is 0 Å². The lowest BCUT2D eigenvalue weighted by atomic mass is 9.78. The molecule has 1 saturated heterocycles. The van der Waals surface area contributed by atoms with E-state index < -0.39 is 5.60 Å². The highest BCUT2D eigenvalue weighted by Crippen LogP contribution is 2.41. The fraction of sp³-hybridized carbons (Fsp3) is 0.625. The summed E-state index contributed by atoms with van der Waals surface area (Å²) in [6.45, 7) is 1.39. The Labute approximate surface area is 114 Å². The van der Waals surface area contributed by atoms with Gasteiger partial charge in [0.2, 0.25) is 0 Å². The van der Waals surface area contributed by atoms with Crippen molar-refractivity contribution in [3.8, 4) is 0 Å². The molecule has 0 radical (unpaired) electrons. The molecule has 1 saturated carbocycles. The third-order valence-corrected chi connectivity index (χ3v) is 4.48. The summed E-state index contributed by atoms with van der Waals surface area (Å²) in [6, 6.07) is 10.4. The molecule has 3 nitrogen and oxygen atoms in total. The number of benzene rings is 1. The van der Waals surface area contributed by atoms with E-state index in [1.807, 2.05) is 6.07 Å². The maximum atomic E-state index is 10.7. The molecule has 104 valence electrons. The normalized spacial score (nSPS) is 24.7. The third kappa shape index (κ3) is 2.99. The Morgan fingerprint density at radius 2 is 1.58 bits per heavy atom. The van der Waals surface area contributed by atoms with Crippen LogP contribution in [0, 0.1) is 0 Å². The van der Waals surface area contributed by atoms with Gasteiger partial charge in [-0.15, -0.1) is 0 Å². The van der Waals surface area contributed by atoms with Gasteiger partial charge in [-0.25, -0.2) is 0 Å². The molecular formula is C16H22O3. The molecule has 2 aliphatic rings. The summed E-state index contributed by atoms with van der Waals surface area (Å²) in [5, 5.41) is 10.7. The van der Waals surface area contributed by atoms with Crippen LogP contribution < -0.4 is 0 Å². The van der Waals surface area contributed by atoms with Crippen LogP contribution >= 0.6 is 0 Å². The summed E-state index contributed by atoms with van der Waals surface area (Å²) in [7, 11) is 0. The molecule has 1 aromatic carbocycles. The zero-order valence-corrected chi connectivity index (χ0v) is 11.3. The van der Waals surface area contributed by atoms with E-state index in [2.05, 4.69) is 24.3 Å². The average molecular weight is 262 g/mol. The Morgan fingerprint density at radius 1 is 0.947 bits per heavy atom. The van der Waals surface area contributed by atoms with Crippen molar-refractivity contribution in [1.82, 2.24) is 0 Å². The molecular weight excluding hydrogens is 240 g/mol. The largest absolute Gasteiger partial charge is 0.390 e. The summed E-state index contributed by atoms with van der Waals surface area (Å²) in [5.74, 6) is -0.376. The molecule has 1 heterocycles. The van der Waals surface area contributed by atoms with Crippen LogP contribution in [0.5, 0.6) is 0 Å². The van der Waals surface area contributed by atoms with Crippen molar-refractivity contribution in [3.63, 3.8) is 0 Å². The zero-order valence-electron chi connectivity index (χ0n) is 11.3. The first kappa shape index (κ1) is 13.1. The van der Waals surface area contributed by atoms with Crippen molar-refractivity contribution in [1.29, 1.82) is 0 Å². The Morgan fingerprint density at radius 3 is 2.21 bits per heavy atom. The van der Waals surface area contributed by atoms with Gasteiger partial charge in [0.25, 0.3) is 0 Å². The molecule has 3 rings (SSSR count). The second-order valence-electron chi connectivity index (χ2n) is 5.82. The van der Waals surface area contributed by atoms with Crippen LogP contribution in [0.15, 0.2) is 30.3 Å². The average Bonchev–Trinajstić information content (AvgIpc) is 2.91. The molecule has 0 unspecified atom stereocenters. The van der Waals surface area contributed by atoms with Gasteiger partial charge in [-0.2, -0.15) is 0 Å². The van der Waals surface area contributed by atoms with Gasteiger partial charge in [-0.05, 0) is 31.2 Å². The number of rotatable bonds is 3. The van der Waals surface area contributed by atoms with Crippen molar-refractivity contribution in [2.45, 2.75) is 49.9 Å². The number of aliphatic hydroxyl groups is 1. The number of ether oxygens (including phenoxy) is 2. The Bertz CT molecular complexity index is 399. The molecule has 0 amide bonds. The van der Waals surface area contributed by atoms with Crippen molar-refractivity contribution in [2.75, 3.05) is 13.2 Å². The summed E-state index contributed by atoms with van der Waals surface area (Å²) < 4.78 is 11.4. The Balaban J connectivity index is 1.54. The predicted molar refractivity (Wildman–Crippen MR) is 72.8 cm³/mol. The number of hydrogen-bond acceptors (Lipinski definition) is 3. The highest BCUT2D eigenvalue weighted by molar-refractivity contribution is 5.15. The van der Waals surface area contributed by atoms with E-state index in [1.54, 1.807) is 0 Å². The molecule has 0 atom stereocenters. The van der Waals surface area contributed by atoms with Crippen molar-refractivity contribution < 1.29 is 14.6 Å². The molecule has 1 N–H and O–H groups in total. The van der Waals surface area contributed by atoms with Gasteiger partial charge >= 0.3 is 0 Å². The SMILES string of the molecule is OC1(CCc2ccccc2)CCC2(CC1)OCCO2. The topological polar surface area (TPSA) is 38.7 Å². The standard InChI is InChI=1S/C16H22O3/c17-15(7-6-14-4-2-1-3-5-14)8-10-16(11-9-15)18-12-13-19-16/h1-5,17H,6-13H2. The fourth-order valence-electron chi connectivity index (χ4n) is 3.15. The first-order valence-electron chi connectivity index (χ1n) is 7.24. The molecule has 1 spiro atoms. The van der Waals surface area contributed by atoms with Crippen molar-refractivity contribution in [3.05, 3.63) is 35.9 Å². The van der Waals surface area contributed by atoms with Crippen LogP contribution in [0.25, 0.3) is 0 Å². The van der Waals surface area contributed by atoms with Crippen LogP contribution in [-0.4, -0.2) is 29.7 Å². The van der Waals surface area contributed by atoms with Crippen molar-refractivity contribution in [2.24, 2.45) is 0 Å². The predicted octanol–water partition coefficient (Wildman–Crippen LogP) is 2.67. The highest BCUT2D eigenvalue weighted by Gasteiger charge is 2.45. The maximum absolute atomic E-state index is 10.7. The minimum absolute atomic E-state index is 0.376. The Hall–Kier alpha value is -0.900. The summed E-state index contributed by atoms with van der Waals surface area (Å²) >= 11 is 0. The Kier molecular flexibility index (Phi) is 3.61. The van der Waals surface area contributed by atoms with Gasteiger partial charge in [-0.1, -0.05) is 30.3 Å². The van der Waals surface area contributed by atoms with Crippen LogP contribution in [-0.2, 0) is 15.9 Å². The molecule has 1 aromatic rings. The minimum Gasteiger partial charge on any atom is -0.390 e. The summed E-state index contributed by atoms with van der Waals surface area (Å²) in [5.41, 5.74) is 0.751. The molecule has 0 aromatic heterocycles. The molecule has 0 bridgehead atoms. The van der Waals surface area contributed by atoms with E-state index in [-0.39, 0.29) is 5.79 Å². The van der Waals surface area contributed by atoms with E-state index in [0.29, 0.717) is 13.2 Å². The second-order valence-corrected chi connectivity index (χ2v) is 5.82. The van der Waals surface area contributed by atoms with Gasteiger partial charge in [0.15, 0.2) is 5.79 Å². The van der Waals surface area contributed by atoms with E-state index in [4.69, 9.17) is 9.47 Å². The monoisotopic (exact) mass is 262 g/mol. The molecule has 1 aliphatic carbocycles. The summed E-state index contributed by atoms with van der Waals surface area (Å²) in [6.07, 6.45) is 4.95. The minimum atomic E-state index is -0.545. The zero-order chi connectivity index (χ0) is 13.2. The number of aryl methyl sites for hydroxylation is 1. The van der Waals surface area contributed by atoms with Crippen LogP contribution in [0.2, 0.25) is 0 Å². The van der Waals surface area contributed by atoms with E-state index in [1.165, 1.54) is 5.56 Å². The lowest BCUT2D eigenvalue weighted by Gasteiger charge is -2.40. The van der Waals surface area contributed by atoms with E-state index >= 15 is 0 Å². The highest BCUT2D eigenvalue weighted by atomic mass is 16.7. The third-order valence-electron chi connectivity index (χ3n) is 4.48. The lowest BCUT2D eigenvalue weighted by Crippen LogP contribution is -2.43. The van der Waals surface area contributed by atoms with Gasteiger partial charge < -0.3 is 14.6 Å². The van der Waals surface area contributed by atoms with Crippen molar-refractivity contribution >= 4 is 0 Å². The van der Waals surface area contributed by atoms with Gasteiger partial charge in [0.05, 0.1) is 18.8 Å². The smallest absolute Gasteiger partial charge is 0.168 e. The maximum Gasteiger partial charge on any atom is 0.168 e. The number of hydrogen-bond donors (Lipinski definition) is 1.